The number of benzene rings is 2. The number of aliphatic imine (C=N–C) groups is 1. The summed E-state index contributed by atoms with van der Waals surface area (Å²) in [6.07, 6.45) is 10.6. The lowest BCUT2D eigenvalue weighted by Crippen LogP contribution is -2.16. The molecule has 0 heterocycles. The molecule has 1 atom stereocenters. The lowest BCUT2D eigenvalue weighted by Gasteiger charge is -2.17. The average molecular weight is 452 g/mol. The first-order valence-corrected chi connectivity index (χ1v) is 11.8. The third kappa shape index (κ3) is 11.5. The van der Waals surface area contributed by atoms with Crippen LogP contribution in [0.1, 0.15) is 55.9 Å². The molecule has 0 amide bonds. The largest absolute Gasteiger partial charge is 0.493 e. The zero-order valence-corrected chi connectivity index (χ0v) is 21.0. The number of aryl methyl sites for hydroxylation is 4. The fourth-order valence-corrected chi connectivity index (χ4v) is 3.19. The third-order valence-electron chi connectivity index (χ3n) is 5.14. The van der Waals surface area contributed by atoms with Gasteiger partial charge in [-0.1, -0.05) is 37.8 Å². The quantitative estimate of drug-likeness (QED) is 0.285. The SMILES string of the molecule is C=C/C=C\N=CC.CCc1ccc(OC(C)CCOc2ccc(CCCO)c(C)c2)c(C)c1. The van der Waals surface area contributed by atoms with Crippen molar-refractivity contribution in [2.45, 2.75) is 66.4 Å². The molecule has 0 saturated carbocycles. The van der Waals surface area contributed by atoms with Crippen LogP contribution >= 0.6 is 0 Å². The van der Waals surface area contributed by atoms with Crippen LogP contribution in [0.5, 0.6) is 11.5 Å². The Bertz CT molecular complexity index is 886. The molecular formula is C29H41NO3. The minimum atomic E-state index is 0.103. The highest BCUT2D eigenvalue weighted by Gasteiger charge is 2.08. The van der Waals surface area contributed by atoms with E-state index in [4.69, 9.17) is 14.6 Å². The Morgan fingerprint density at radius 3 is 2.52 bits per heavy atom. The molecule has 0 aliphatic carbocycles. The van der Waals surface area contributed by atoms with Crippen molar-refractivity contribution < 1.29 is 14.6 Å². The number of nitrogens with zero attached hydrogens (tertiary/aromatic N) is 1. The van der Waals surface area contributed by atoms with Gasteiger partial charge in [0.1, 0.15) is 11.5 Å². The van der Waals surface area contributed by atoms with Gasteiger partial charge in [0.05, 0.1) is 12.7 Å². The van der Waals surface area contributed by atoms with Crippen molar-refractivity contribution in [1.29, 1.82) is 0 Å². The van der Waals surface area contributed by atoms with Gasteiger partial charge < -0.3 is 14.6 Å². The Hall–Kier alpha value is -2.85. The van der Waals surface area contributed by atoms with Crippen LogP contribution in [0.25, 0.3) is 0 Å². The standard InChI is InChI=1S/C23H32O3.C6H9N/c1-5-20-8-11-23(18(3)15-20)26-19(4)12-14-25-22-10-9-21(7-6-13-24)17(2)16-22;1-3-5-6-7-4-2/h8-11,15-16,19,24H,5-7,12-14H2,1-4H3;3-6H,1H2,2H3/b;6-5-,7-4?. The van der Waals surface area contributed by atoms with Gasteiger partial charge in [-0.15, -0.1) is 0 Å². The Kier molecular flexibility index (Phi) is 14.3. The van der Waals surface area contributed by atoms with Crippen LogP contribution in [0.15, 0.2) is 66.3 Å². The van der Waals surface area contributed by atoms with Crippen LogP contribution in [-0.4, -0.2) is 30.6 Å². The van der Waals surface area contributed by atoms with Gasteiger partial charge in [-0.25, -0.2) is 0 Å². The Labute approximate surface area is 200 Å². The lowest BCUT2D eigenvalue weighted by atomic mass is 10.0. The zero-order chi connectivity index (χ0) is 24.5. The fraction of sp³-hybridized carbons (Fsp3) is 0.414. The van der Waals surface area contributed by atoms with Crippen LogP contribution in [0.3, 0.4) is 0 Å². The number of rotatable bonds is 12. The van der Waals surface area contributed by atoms with Crippen LogP contribution in [0, 0.1) is 13.8 Å². The molecule has 4 nitrogen and oxygen atoms in total. The summed E-state index contributed by atoms with van der Waals surface area (Å²) in [4.78, 5) is 3.78. The summed E-state index contributed by atoms with van der Waals surface area (Å²) >= 11 is 0. The summed E-state index contributed by atoms with van der Waals surface area (Å²) in [5, 5.41) is 8.95. The second-order valence-electron chi connectivity index (χ2n) is 7.92. The molecule has 0 aliphatic rings. The Morgan fingerprint density at radius 1 is 1.12 bits per heavy atom. The first-order valence-electron chi connectivity index (χ1n) is 11.8. The van der Waals surface area contributed by atoms with E-state index in [1.54, 1.807) is 24.6 Å². The van der Waals surface area contributed by atoms with Gasteiger partial charge in [0.2, 0.25) is 0 Å². The van der Waals surface area contributed by atoms with Gasteiger partial charge in [-0.05, 0) is 93.5 Å². The molecule has 1 unspecified atom stereocenters. The van der Waals surface area contributed by atoms with Crippen molar-refractivity contribution in [3.05, 3.63) is 83.6 Å². The molecule has 0 saturated heterocycles. The van der Waals surface area contributed by atoms with Crippen LogP contribution in [-0.2, 0) is 12.8 Å². The number of ether oxygens (including phenoxy) is 2. The third-order valence-corrected chi connectivity index (χ3v) is 5.14. The molecule has 4 heteroatoms. The van der Waals surface area contributed by atoms with E-state index in [9.17, 15) is 0 Å². The Balaban J connectivity index is 0.000000675. The molecule has 2 rings (SSSR count). The van der Waals surface area contributed by atoms with E-state index in [1.807, 2.05) is 13.0 Å². The molecule has 0 spiro atoms. The normalized spacial score (nSPS) is 11.8. The van der Waals surface area contributed by atoms with Crippen LogP contribution in [0.2, 0.25) is 0 Å². The van der Waals surface area contributed by atoms with Crippen molar-refractivity contribution in [3.8, 4) is 11.5 Å². The van der Waals surface area contributed by atoms with Crippen molar-refractivity contribution in [3.63, 3.8) is 0 Å². The van der Waals surface area contributed by atoms with Crippen molar-refractivity contribution >= 4 is 6.21 Å². The molecule has 2 aromatic rings. The molecule has 33 heavy (non-hydrogen) atoms. The molecule has 180 valence electrons. The minimum absolute atomic E-state index is 0.103. The summed E-state index contributed by atoms with van der Waals surface area (Å²) in [5.74, 6) is 1.85. The van der Waals surface area contributed by atoms with E-state index in [-0.39, 0.29) is 12.7 Å². The highest BCUT2D eigenvalue weighted by Crippen LogP contribution is 2.22. The second-order valence-corrected chi connectivity index (χ2v) is 7.92. The summed E-state index contributed by atoms with van der Waals surface area (Å²) < 4.78 is 12.0. The molecule has 0 bridgehead atoms. The monoisotopic (exact) mass is 451 g/mol. The number of hydrogen-bond acceptors (Lipinski definition) is 4. The number of aliphatic hydroxyl groups is 1. The first-order chi connectivity index (χ1) is 15.9. The van der Waals surface area contributed by atoms with Crippen molar-refractivity contribution in [2.75, 3.05) is 13.2 Å². The molecule has 0 fully saturated rings. The van der Waals surface area contributed by atoms with E-state index in [2.05, 4.69) is 69.6 Å². The van der Waals surface area contributed by atoms with Gasteiger partial charge >= 0.3 is 0 Å². The van der Waals surface area contributed by atoms with Crippen molar-refractivity contribution in [1.82, 2.24) is 0 Å². The predicted molar refractivity (Wildman–Crippen MR) is 141 cm³/mol. The minimum Gasteiger partial charge on any atom is -0.493 e. The van der Waals surface area contributed by atoms with Gasteiger partial charge in [0.15, 0.2) is 0 Å². The maximum atomic E-state index is 8.95. The average Bonchev–Trinajstić information content (AvgIpc) is 2.80. The lowest BCUT2D eigenvalue weighted by molar-refractivity contribution is 0.176. The molecule has 2 aromatic carbocycles. The van der Waals surface area contributed by atoms with Gasteiger partial charge in [0, 0.05) is 25.4 Å². The smallest absolute Gasteiger partial charge is 0.122 e. The fourth-order valence-electron chi connectivity index (χ4n) is 3.19. The van der Waals surface area contributed by atoms with Crippen molar-refractivity contribution in [2.24, 2.45) is 4.99 Å². The molecule has 0 radical (unpaired) electrons. The number of hydrogen-bond donors (Lipinski definition) is 1. The molecule has 0 aliphatic heterocycles. The van der Waals surface area contributed by atoms with Crippen LogP contribution < -0.4 is 9.47 Å². The number of aliphatic hydroxyl groups excluding tert-OH is 1. The Morgan fingerprint density at radius 2 is 1.91 bits per heavy atom. The zero-order valence-electron chi connectivity index (χ0n) is 21.0. The topological polar surface area (TPSA) is 51.0 Å². The van der Waals surface area contributed by atoms with Gasteiger partial charge in [-0.2, -0.15) is 0 Å². The highest BCUT2D eigenvalue weighted by molar-refractivity contribution is 5.54. The van der Waals surface area contributed by atoms with Crippen LogP contribution in [0.4, 0.5) is 0 Å². The summed E-state index contributed by atoms with van der Waals surface area (Å²) in [6.45, 7) is 14.6. The maximum Gasteiger partial charge on any atom is 0.122 e. The van der Waals surface area contributed by atoms with Gasteiger partial charge in [0.25, 0.3) is 0 Å². The summed E-state index contributed by atoms with van der Waals surface area (Å²) in [5.41, 5.74) is 5.01. The second kappa shape index (κ2) is 16.7. The van der Waals surface area contributed by atoms with Gasteiger partial charge in [-0.3, -0.25) is 4.99 Å². The molecular weight excluding hydrogens is 410 g/mol. The van der Waals surface area contributed by atoms with E-state index in [0.717, 1.165) is 37.2 Å². The van der Waals surface area contributed by atoms with E-state index in [0.29, 0.717) is 6.61 Å². The number of allylic oxidation sites excluding steroid dienone is 2. The van der Waals surface area contributed by atoms with E-state index < -0.39 is 0 Å². The summed E-state index contributed by atoms with van der Waals surface area (Å²) in [7, 11) is 0. The van der Waals surface area contributed by atoms with E-state index in [1.165, 1.54) is 22.3 Å². The maximum absolute atomic E-state index is 8.95. The highest BCUT2D eigenvalue weighted by atomic mass is 16.5. The predicted octanol–water partition coefficient (Wildman–Crippen LogP) is 6.80. The first kappa shape index (κ1) is 28.2. The molecule has 0 aromatic heterocycles. The summed E-state index contributed by atoms with van der Waals surface area (Å²) in [6, 6.07) is 12.6. The van der Waals surface area contributed by atoms with E-state index >= 15 is 0 Å². The molecule has 1 N–H and O–H groups in total.